The molecular formula is C11H23O2. The predicted octanol–water partition coefficient (Wildman–Crippen LogP) is 3.17. The second kappa shape index (κ2) is 3.58. The average molecular weight is 187 g/mol. The Labute approximate surface area is 82.6 Å². The molecule has 0 spiro atoms. The summed E-state index contributed by atoms with van der Waals surface area (Å²) in [4.78, 5) is 0. The van der Waals surface area contributed by atoms with Crippen LogP contribution in [0.2, 0.25) is 0 Å². The maximum absolute atomic E-state index is 5.67. The highest BCUT2D eigenvalue weighted by atomic mass is 16.7. The fourth-order valence-electron chi connectivity index (χ4n) is 1.32. The second-order valence-corrected chi connectivity index (χ2v) is 5.56. The van der Waals surface area contributed by atoms with E-state index in [1.807, 2.05) is 48.5 Å². The van der Waals surface area contributed by atoms with Gasteiger partial charge in [0.05, 0.1) is 11.2 Å². The van der Waals surface area contributed by atoms with E-state index >= 15 is 0 Å². The van der Waals surface area contributed by atoms with Crippen molar-refractivity contribution >= 4 is 0 Å². The molecule has 0 heterocycles. The minimum atomic E-state index is -0.781. The molecule has 79 valence electrons. The standard InChI is InChI=1S/C11H23O2/c1-9(2,3)12-11(7,8)13-10(4,5)6/h7H2,1-6,8H3. The van der Waals surface area contributed by atoms with E-state index in [2.05, 4.69) is 6.92 Å². The van der Waals surface area contributed by atoms with E-state index in [0.29, 0.717) is 0 Å². The highest BCUT2D eigenvalue weighted by molar-refractivity contribution is 4.76. The lowest BCUT2D eigenvalue weighted by Gasteiger charge is -2.38. The van der Waals surface area contributed by atoms with Gasteiger partial charge in [-0.3, -0.25) is 0 Å². The van der Waals surface area contributed by atoms with Crippen LogP contribution in [-0.2, 0) is 9.47 Å². The van der Waals surface area contributed by atoms with Gasteiger partial charge in [-0.1, -0.05) is 0 Å². The van der Waals surface area contributed by atoms with Crippen molar-refractivity contribution in [3.05, 3.63) is 6.92 Å². The van der Waals surface area contributed by atoms with Gasteiger partial charge >= 0.3 is 0 Å². The molecule has 0 aliphatic heterocycles. The third-order valence-corrected chi connectivity index (χ3v) is 1.04. The van der Waals surface area contributed by atoms with Gasteiger partial charge in [0.2, 0.25) is 0 Å². The summed E-state index contributed by atoms with van der Waals surface area (Å²) in [6, 6.07) is 0. The van der Waals surface area contributed by atoms with Crippen LogP contribution in [0.15, 0.2) is 0 Å². The van der Waals surface area contributed by atoms with Crippen molar-refractivity contribution in [2.45, 2.75) is 65.5 Å². The zero-order valence-electron chi connectivity index (χ0n) is 10.0. The van der Waals surface area contributed by atoms with Crippen molar-refractivity contribution in [2.75, 3.05) is 0 Å². The van der Waals surface area contributed by atoms with E-state index in [-0.39, 0.29) is 11.2 Å². The van der Waals surface area contributed by atoms with Crippen molar-refractivity contribution in [3.63, 3.8) is 0 Å². The molecule has 0 aromatic rings. The largest absolute Gasteiger partial charge is 0.345 e. The summed E-state index contributed by atoms with van der Waals surface area (Å²) < 4.78 is 11.3. The molecule has 2 nitrogen and oxygen atoms in total. The van der Waals surface area contributed by atoms with Crippen molar-refractivity contribution in [2.24, 2.45) is 0 Å². The van der Waals surface area contributed by atoms with E-state index in [9.17, 15) is 0 Å². The third-order valence-electron chi connectivity index (χ3n) is 1.04. The molecule has 0 rings (SSSR count). The van der Waals surface area contributed by atoms with Gasteiger partial charge in [0, 0.05) is 6.92 Å². The summed E-state index contributed by atoms with van der Waals surface area (Å²) in [6.45, 7) is 17.7. The average Bonchev–Trinajstić information content (AvgIpc) is 1.43. The van der Waals surface area contributed by atoms with Crippen molar-refractivity contribution in [1.29, 1.82) is 0 Å². The fraction of sp³-hybridized carbons (Fsp3) is 0.909. The van der Waals surface area contributed by atoms with Crippen LogP contribution in [0, 0.1) is 6.92 Å². The van der Waals surface area contributed by atoms with Gasteiger partial charge in [-0.2, -0.15) is 0 Å². The maximum Gasteiger partial charge on any atom is 0.167 e. The lowest BCUT2D eigenvalue weighted by Crippen LogP contribution is -2.42. The number of hydrogen-bond acceptors (Lipinski definition) is 2. The Kier molecular flexibility index (Phi) is 3.56. The molecule has 1 radical (unpaired) electrons. The number of hydrogen-bond donors (Lipinski definition) is 0. The zero-order chi connectivity index (χ0) is 10.9. The van der Waals surface area contributed by atoms with E-state index in [1.54, 1.807) is 0 Å². The SMILES string of the molecule is [CH2]C(C)(OC(C)(C)C)OC(C)(C)C. The van der Waals surface area contributed by atoms with Gasteiger partial charge in [0.1, 0.15) is 0 Å². The molecule has 0 fully saturated rings. The van der Waals surface area contributed by atoms with Gasteiger partial charge in [-0.15, -0.1) is 0 Å². The van der Waals surface area contributed by atoms with Gasteiger partial charge in [-0.05, 0) is 48.5 Å². The Balaban J connectivity index is 4.25. The Morgan fingerprint density at radius 2 is 0.923 bits per heavy atom. The van der Waals surface area contributed by atoms with Crippen molar-refractivity contribution in [1.82, 2.24) is 0 Å². The minimum Gasteiger partial charge on any atom is -0.345 e. The lowest BCUT2D eigenvalue weighted by molar-refractivity contribution is -0.276. The zero-order valence-corrected chi connectivity index (χ0v) is 10.0. The summed E-state index contributed by atoms with van der Waals surface area (Å²) >= 11 is 0. The van der Waals surface area contributed by atoms with E-state index < -0.39 is 5.79 Å². The van der Waals surface area contributed by atoms with Gasteiger partial charge in [-0.25, -0.2) is 0 Å². The van der Waals surface area contributed by atoms with Gasteiger partial charge < -0.3 is 9.47 Å². The maximum atomic E-state index is 5.67. The molecular weight excluding hydrogens is 164 g/mol. The van der Waals surface area contributed by atoms with Crippen LogP contribution in [0.4, 0.5) is 0 Å². The normalized spacial score (nSPS) is 14.8. The molecule has 0 N–H and O–H groups in total. The first-order chi connectivity index (χ1) is 5.41. The first kappa shape index (κ1) is 12.9. The Morgan fingerprint density at radius 1 is 0.692 bits per heavy atom. The molecule has 0 saturated heterocycles. The summed E-state index contributed by atoms with van der Waals surface area (Å²) in [5.41, 5.74) is -0.469. The van der Waals surface area contributed by atoms with Gasteiger partial charge in [0.15, 0.2) is 5.79 Å². The van der Waals surface area contributed by atoms with Crippen LogP contribution in [0.1, 0.15) is 48.5 Å². The van der Waals surface area contributed by atoms with Gasteiger partial charge in [0.25, 0.3) is 0 Å². The Hall–Kier alpha value is -0.0800. The highest BCUT2D eigenvalue weighted by Gasteiger charge is 2.30. The van der Waals surface area contributed by atoms with E-state index in [1.165, 1.54) is 0 Å². The third kappa shape index (κ3) is 8.26. The molecule has 0 atom stereocenters. The number of ether oxygens (including phenoxy) is 2. The predicted molar refractivity (Wildman–Crippen MR) is 55.4 cm³/mol. The summed E-state index contributed by atoms with van der Waals surface area (Å²) in [6.07, 6.45) is 0. The topological polar surface area (TPSA) is 18.5 Å². The minimum absolute atomic E-state index is 0.234. The van der Waals surface area contributed by atoms with Crippen LogP contribution < -0.4 is 0 Å². The van der Waals surface area contributed by atoms with E-state index in [0.717, 1.165) is 0 Å². The molecule has 0 aromatic carbocycles. The molecule has 0 aliphatic carbocycles. The first-order valence-electron chi connectivity index (χ1n) is 4.67. The van der Waals surface area contributed by atoms with Crippen LogP contribution in [0.5, 0.6) is 0 Å². The molecule has 0 saturated carbocycles. The quantitative estimate of drug-likeness (QED) is 0.618. The highest BCUT2D eigenvalue weighted by Crippen LogP contribution is 2.25. The molecule has 0 aromatic heterocycles. The summed E-state index contributed by atoms with van der Waals surface area (Å²) in [5.74, 6) is -0.781. The summed E-state index contributed by atoms with van der Waals surface area (Å²) in [7, 11) is 0. The lowest BCUT2D eigenvalue weighted by atomic mass is 10.1. The number of rotatable bonds is 2. The molecule has 2 heteroatoms. The monoisotopic (exact) mass is 187 g/mol. The van der Waals surface area contributed by atoms with Crippen LogP contribution in [0.25, 0.3) is 0 Å². The van der Waals surface area contributed by atoms with E-state index in [4.69, 9.17) is 9.47 Å². The van der Waals surface area contributed by atoms with Crippen molar-refractivity contribution in [3.8, 4) is 0 Å². The fourth-order valence-corrected chi connectivity index (χ4v) is 1.32. The molecule has 0 bridgehead atoms. The molecule has 0 aliphatic rings. The summed E-state index contributed by atoms with van der Waals surface area (Å²) in [5, 5.41) is 0. The second-order valence-electron chi connectivity index (χ2n) is 5.56. The molecule has 0 amide bonds. The van der Waals surface area contributed by atoms with Crippen LogP contribution in [0.3, 0.4) is 0 Å². The smallest absolute Gasteiger partial charge is 0.167 e. The Morgan fingerprint density at radius 3 is 1.08 bits per heavy atom. The molecule has 0 unspecified atom stereocenters. The first-order valence-corrected chi connectivity index (χ1v) is 4.67. The van der Waals surface area contributed by atoms with Crippen molar-refractivity contribution < 1.29 is 9.47 Å². The molecule has 13 heavy (non-hydrogen) atoms. The van der Waals surface area contributed by atoms with Crippen LogP contribution >= 0.6 is 0 Å². The van der Waals surface area contributed by atoms with Crippen LogP contribution in [-0.4, -0.2) is 17.0 Å². The Bertz CT molecular complexity index is 140.